The molecule has 0 saturated carbocycles. The Morgan fingerprint density at radius 3 is 2.70 bits per heavy atom. The number of imide groups is 1. The number of halogens is 1. The number of carbonyl (C=O) groups excluding carboxylic acids is 2. The van der Waals surface area contributed by atoms with Crippen molar-refractivity contribution in [2.45, 2.75) is 0 Å². The average Bonchev–Trinajstić information content (AvgIpc) is 2.92. The Hall–Kier alpha value is -2.05. The quantitative estimate of drug-likeness (QED) is 0.913. The second kappa shape index (κ2) is 6.40. The first-order chi connectivity index (χ1) is 9.60. The molecule has 0 fully saturated rings. The van der Waals surface area contributed by atoms with E-state index in [1.165, 1.54) is 24.5 Å². The molecule has 2 aromatic rings. The van der Waals surface area contributed by atoms with Gasteiger partial charge in [0.1, 0.15) is 5.75 Å². The minimum atomic E-state index is -0.621. The number of amides is 3. The molecule has 0 atom stereocenters. The molecule has 1 aromatic heterocycles. The Morgan fingerprint density at radius 2 is 2.10 bits per heavy atom. The molecule has 104 valence electrons. The third-order valence-electron chi connectivity index (χ3n) is 2.38. The topological polar surface area (TPSA) is 67.4 Å². The van der Waals surface area contributed by atoms with Gasteiger partial charge in [-0.15, -0.1) is 11.3 Å². The number of carbonyl (C=O) groups is 2. The minimum absolute atomic E-state index is 0.370. The molecule has 0 unspecified atom stereocenters. The molecule has 1 heterocycles. The fourth-order valence-corrected chi connectivity index (χ4v) is 2.36. The van der Waals surface area contributed by atoms with Gasteiger partial charge in [-0.25, -0.2) is 4.79 Å². The summed E-state index contributed by atoms with van der Waals surface area (Å²) in [6.07, 6.45) is 0. The number of benzene rings is 1. The fourth-order valence-electron chi connectivity index (χ4n) is 1.48. The largest absolute Gasteiger partial charge is 0.495 e. The van der Waals surface area contributed by atoms with Crippen molar-refractivity contribution in [1.82, 2.24) is 5.32 Å². The van der Waals surface area contributed by atoms with Gasteiger partial charge in [-0.2, -0.15) is 0 Å². The van der Waals surface area contributed by atoms with E-state index in [9.17, 15) is 9.59 Å². The first-order valence-electron chi connectivity index (χ1n) is 5.59. The van der Waals surface area contributed by atoms with Crippen LogP contribution in [0.5, 0.6) is 5.75 Å². The highest BCUT2D eigenvalue weighted by Crippen LogP contribution is 2.27. The number of rotatable bonds is 3. The molecule has 1 aromatic carbocycles. The molecule has 3 amide bonds. The summed E-state index contributed by atoms with van der Waals surface area (Å²) in [5, 5.41) is 6.88. The lowest BCUT2D eigenvalue weighted by atomic mass is 10.3. The van der Waals surface area contributed by atoms with E-state index in [-0.39, 0.29) is 0 Å². The molecule has 0 radical (unpaired) electrons. The van der Waals surface area contributed by atoms with Crippen LogP contribution in [-0.2, 0) is 0 Å². The molecule has 20 heavy (non-hydrogen) atoms. The number of thiophene rings is 1. The maximum atomic E-state index is 11.7. The summed E-state index contributed by atoms with van der Waals surface area (Å²) < 4.78 is 5.01. The SMILES string of the molecule is COc1ccc(NC(=O)NC(=O)c2cccs2)cc1Cl. The van der Waals surface area contributed by atoms with Crippen molar-refractivity contribution in [2.75, 3.05) is 12.4 Å². The standard InChI is InChI=1S/C13H11ClN2O3S/c1-19-10-5-4-8(7-9(10)14)15-13(18)16-12(17)11-3-2-6-20-11/h2-7H,1H3,(H2,15,16,17,18). The lowest BCUT2D eigenvalue weighted by Crippen LogP contribution is -2.33. The van der Waals surface area contributed by atoms with E-state index >= 15 is 0 Å². The van der Waals surface area contributed by atoms with Gasteiger partial charge in [-0.1, -0.05) is 17.7 Å². The smallest absolute Gasteiger partial charge is 0.326 e. The van der Waals surface area contributed by atoms with E-state index < -0.39 is 11.9 Å². The zero-order valence-electron chi connectivity index (χ0n) is 10.5. The van der Waals surface area contributed by atoms with Crippen LogP contribution in [0, 0.1) is 0 Å². The fraction of sp³-hybridized carbons (Fsp3) is 0.0769. The Morgan fingerprint density at radius 1 is 1.30 bits per heavy atom. The van der Waals surface area contributed by atoms with Crippen molar-refractivity contribution in [3.8, 4) is 5.75 Å². The minimum Gasteiger partial charge on any atom is -0.495 e. The predicted molar refractivity (Wildman–Crippen MR) is 78.8 cm³/mol. The number of hydrogen-bond acceptors (Lipinski definition) is 4. The van der Waals surface area contributed by atoms with E-state index in [1.807, 2.05) is 0 Å². The third-order valence-corrected chi connectivity index (χ3v) is 3.55. The van der Waals surface area contributed by atoms with Crippen LogP contribution in [0.15, 0.2) is 35.7 Å². The van der Waals surface area contributed by atoms with Crippen LogP contribution in [0.3, 0.4) is 0 Å². The number of hydrogen-bond donors (Lipinski definition) is 2. The molecular weight excluding hydrogens is 300 g/mol. The molecule has 0 saturated heterocycles. The monoisotopic (exact) mass is 310 g/mol. The second-order valence-corrected chi connectivity index (χ2v) is 5.09. The van der Waals surface area contributed by atoms with Crippen molar-refractivity contribution >= 4 is 40.6 Å². The van der Waals surface area contributed by atoms with E-state index in [1.54, 1.807) is 29.6 Å². The van der Waals surface area contributed by atoms with E-state index in [2.05, 4.69) is 10.6 Å². The summed E-state index contributed by atoms with van der Waals surface area (Å²) in [6, 6.07) is 7.54. The van der Waals surface area contributed by atoms with Crippen molar-refractivity contribution < 1.29 is 14.3 Å². The molecule has 0 aliphatic heterocycles. The van der Waals surface area contributed by atoms with Gasteiger partial charge in [0.15, 0.2) is 0 Å². The molecule has 0 spiro atoms. The van der Waals surface area contributed by atoms with Crippen LogP contribution >= 0.6 is 22.9 Å². The van der Waals surface area contributed by atoms with Gasteiger partial charge in [-0.05, 0) is 29.6 Å². The van der Waals surface area contributed by atoms with Crippen LogP contribution in [-0.4, -0.2) is 19.0 Å². The van der Waals surface area contributed by atoms with Crippen molar-refractivity contribution in [2.24, 2.45) is 0 Å². The maximum Gasteiger partial charge on any atom is 0.326 e. The first kappa shape index (κ1) is 14.4. The normalized spacial score (nSPS) is 9.90. The molecule has 2 rings (SSSR count). The van der Waals surface area contributed by atoms with E-state index in [0.29, 0.717) is 21.3 Å². The molecule has 0 aliphatic carbocycles. The van der Waals surface area contributed by atoms with Gasteiger partial charge in [0.25, 0.3) is 5.91 Å². The zero-order valence-corrected chi connectivity index (χ0v) is 12.0. The van der Waals surface area contributed by atoms with E-state index in [0.717, 1.165) is 0 Å². The van der Waals surface area contributed by atoms with E-state index in [4.69, 9.17) is 16.3 Å². The Balaban J connectivity index is 1.98. The number of methoxy groups -OCH3 is 1. The number of anilines is 1. The lowest BCUT2D eigenvalue weighted by Gasteiger charge is -2.08. The number of urea groups is 1. The molecule has 0 aliphatic rings. The van der Waals surface area contributed by atoms with Gasteiger partial charge < -0.3 is 10.1 Å². The lowest BCUT2D eigenvalue weighted by molar-refractivity contribution is 0.0971. The second-order valence-electron chi connectivity index (χ2n) is 3.73. The summed E-state index contributed by atoms with van der Waals surface area (Å²) in [7, 11) is 1.50. The van der Waals surface area contributed by atoms with Gasteiger partial charge in [0.05, 0.1) is 17.0 Å². The summed E-state index contributed by atoms with van der Waals surface area (Å²) in [4.78, 5) is 23.8. The molecular formula is C13H11ClN2O3S. The van der Waals surface area contributed by atoms with Gasteiger partial charge in [0, 0.05) is 5.69 Å². The van der Waals surface area contributed by atoms with Gasteiger partial charge in [0.2, 0.25) is 0 Å². The van der Waals surface area contributed by atoms with Crippen LogP contribution in [0.2, 0.25) is 5.02 Å². The summed E-state index contributed by atoms with van der Waals surface area (Å²) >= 11 is 7.19. The van der Waals surface area contributed by atoms with Crippen LogP contribution in [0.25, 0.3) is 0 Å². The van der Waals surface area contributed by atoms with Crippen molar-refractivity contribution in [1.29, 1.82) is 0 Å². The summed E-state index contributed by atoms with van der Waals surface area (Å²) in [5.74, 6) is 0.0596. The molecule has 2 N–H and O–H groups in total. The predicted octanol–water partition coefficient (Wildman–Crippen LogP) is 3.37. The van der Waals surface area contributed by atoms with Crippen molar-refractivity contribution in [3.63, 3.8) is 0 Å². The van der Waals surface area contributed by atoms with Crippen LogP contribution in [0.4, 0.5) is 10.5 Å². The maximum absolute atomic E-state index is 11.7. The Kier molecular flexibility index (Phi) is 4.60. The number of ether oxygens (including phenoxy) is 1. The van der Waals surface area contributed by atoms with Gasteiger partial charge >= 0.3 is 6.03 Å². The van der Waals surface area contributed by atoms with Crippen LogP contribution in [0.1, 0.15) is 9.67 Å². The van der Waals surface area contributed by atoms with Crippen molar-refractivity contribution in [3.05, 3.63) is 45.6 Å². The molecule has 5 nitrogen and oxygen atoms in total. The highest BCUT2D eigenvalue weighted by atomic mass is 35.5. The molecule has 7 heteroatoms. The average molecular weight is 311 g/mol. The Bertz CT molecular complexity index is 629. The Labute approximate surface area is 124 Å². The van der Waals surface area contributed by atoms with Crippen LogP contribution < -0.4 is 15.4 Å². The third kappa shape index (κ3) is 3.49. The number of nitrogens with one attached hydrogen (secondary N) is 2. The summed E-state index contributed by atoms with van der Waals surface area (Å²) in [5.41, 5.74) is 0.465. The molecule has 0 bridgehead atoms. The highest BCUT2D eigenvalue weighted by Gasteiger charge is 2.11. The van der Waals surface area contributed by atoms with Gasteiger partial charge in [-0.3, -0.25) is 10.1 Å². The zero-order chi connectivity index (χ0) is 14.5. The summed E-state index contributed by atoms with van der Waals surface area (Å²) in [6.45, 7) is 0. The first-order valence-corrected chi connectivity index (χ1v) is 6.85. The highest BCUT2D eigenvalue weighted by molar-refractivity contribution is 7.12.